The summed E-state index contributed by atoms with van der Waals surface area (Å²) in [7, 11) is 0. The number of nitrogens with zero attached hydrogens (tertiary/aromatic N) is 1. The van der Waals surface area contributed by atoms with Crippen molar-refractivity contribution in [3.8, 4) is 0 Å². The average Bonchev–Trinajstić information content (AvgIpc) is 2.94. The van der Waals surface area contributed by atoms with Crippen molar-refractivity contribution in [3.05, 3.63) is 23.8 Å². The second-order valence-corrected chi connectivity index (χ2v) is 4.93. The van der Waals surface area contributed by atoms with Crippen molar-refractivity contribution in [3.63, 3.8) is 0 Å². The van der Waals surface area contributed by atoms with Gasteiger partial charge in [0.05, 0.1) is 5.56 Å². The molecule has 1 aromatic rings. The number of nitrogen functional groups attached to an aromatic ring is 1. The van der Waals surface area contributed by atoms with E-state index in [1.807, 2.05) is 4.90 Å². The van der Waals surface area contributed by atoms with Crippen molar-refractivity contribution >= 4 is 23.2 Å². The molecule has 2 amide bonds. The highest BCUT2D eigenvalue weighted by Gasteiger charge is 2.17. The second-order valence-electron chi connectivity index (χ2n) is 4.93. The predicted molar refractivity (Wildman–Crippen MR) is 78.3 cm³/mol. The van der Waals surface area contributed by atoms with Gasteiger partial charge in [-0.25, -0.2) is 0 Å². The number of primary amides is 1. The quantitative estimate of drug-likeness (QED) is 0.692. The van der Waals surface area contributed by atoms with Gasteiger partial charge in [0.1, 0.15) is 0 Å². The van der Waals surface area contributed by atoms with Gasteiger partial charge in [-0.3, -0.25) is 9.59 Å². The van der Waals surface area contributed by atoms with Gasteiger partial charge in [-0.1, -0.05) is 0 Å². The first-order chi connectivity index (χ1) is 9.58. The minimum absolute atomic E-state index is 0.145. The Balaban J connectivity index is 1.90. The molecular formula is C14H20N4O2. The first kappa shape index (κ1) is 14.2. The smallest absolute Gasteiger partial charge is 0.250 e. The molecule has 2 rings (SSSR count). The minimum Gasteiger partial charge on any atom is -0.399 e. The zero-order valence-corrected chi connectivity index (χ0v) is 11.4. The Bertz CT molecular complexity index is 510. The topological polar surface area (TPSA) is 101 Å². The van der Waals surface area contributed by atoms with Crippen molar-refractivity contribution in [1.82, 2.24) is 4.90 Å². The summed E-state index contributed by atoms with van der Waals surface area (Å²) >= 11 is 0. The van der Waals surface area contributed by atoms with Gasteiger partial charge in [0.2, 0.25) is 5.91 Å². The van der Waals surface area contributed by atoms with Crippen LogP contribution in [0.1, 0.15) is 29.6 Å². The van der Waals surface area contributed by atoms with Gasteiger partial charge in [0.25, 0.3) is 5.91 Å². The van der Waals surface area contributed by atoms with Crippen LogP contribution in [0.3, 0.4) is 0 Å². The van der Waals surface area contributed by atoms with E-state index in [1.54, 1.807) is 12.1 Å². The molecule has 6 heteroatoms. The van der Waals surface area contributed by atoms with Crippen LogP contribution in [0.15, 0.2) is 18.2 Å². The first-order valence-electron chi connectivity index (χ1n) is 6.79. The molecule has 0 saturated carbocycles. The summed E-state index contributed by atoms with van der Waals surface area (Å²) in [6.07, 6.45) is 2.58. The van der Waals surface area contributed by atoms with E-state index in [0.717, 1.165) is 25.9 Å². The fourth-order valence-corrected chi connectivity index (χ4v) is 2.35. The standard InChI is InChI=1S/C14H20N4O2/c15-10-3-4-12(11(9-10)14(16)20)17-6-5-13(19)18-7-1-2-8-18/h3-4,9,17H,1-2,5-8,15H2,(H2,16,20). The molecule has 1 aliphatic heterocycles. The lowest BCUT2D eigenvalue weighted by Crippen LogP contribution is -2.29. The lowest BCUT2D eigenvalue weighted by molar-refractivity contribution is -0.129. The van der Waals surface area contributed by atoms with Crippen LogP contribution in [-0.2, 0) is 4.79 Å². The van der Waals surface area contributed by atoms with Gasteiger partial charge in [0.15, 0.2) is 0 Å². The van der Waals surface area contributed by atoms with Crippen molar-refractivity contribution < 1.29 is 9.59 Å². The number of rotatable bonds is 5. The molecular weight excluding hydrogens is 256 g/mol. The maximum Gasteiger partial charge on any atom is 0.250 e. The van der Waals surface area contributed by atoms with E-state index in [4.69, 9.17) is 11.5 Å². The fraction of sp³-hybridized carbons (Fsp3) is 0.429. The summed E-state index contributed by atoms with van der Waals surface area (Å²) in [5.41, 5.74) is 12.4. The van der Waals surface area contributed by atoms with Gasteiger partial charge in [-0.15, -0.1) is 0 Å². The van der Waals surface area contributed by atoms with E-state index in [9.17, 15) is 9.59 Å². The van der Waals surface area contributed by atoms with Crippen LogP contribution >= 0.6 is 0 Å². The van der Waals surface area contributed by atoms with Crippen LogP contribution < -0.4 is 16.8 Å². The molecule has 6 nitrogen and oxygen atoms in total. The van der Waals surface area contributed by atoms with Crippen LogP contribution in [0, 0.1) is 0 Å². The normalized spacial score (nSPS) is 14.3. The van der Waals surface area contributed by atoms with Crippen LogP contribution in [-0.4, -0.2) is 36.3 Å². The highest BCUT2D eigenvalue weighted by Crippen LogP contribution is 2.18. The first-order valence-corrected chi connectivity index (χ1v) is 6.79. The Kier molecular flexibility index (Phi) is 4.45. The molecule has 1 fully saturated rings. The van der Waals surface area contributed by atoms with Gasteiger partial charge >= 0.3 is 0 Å². The molecule has 20 heavy (non-hydrogen) atoms. The van der Waals surface area contributed by atoms with Crippen molar-refractivity contribution in [2.45, 2.75) is 19.3 Å². The summed E-state index contributed by atoms with van der Waals surface area (Å²) in [6.45, 7) is 2.18. The number of amides is 2. The van der Waals surface area contributed by atoms with Crippen molar-refractivity contribution in [2.24, 2.45) is 5.73 Å². The lowest BCUT2D eigenvalue weighted by Gasteiger charge is -2.16. The zero-order chi connectivity index (χ0) is 14.5. The number of anilines is 2. The molecule has 0 unspecified atom stereocenters. The number of carbonyl (C=O) groups is 2. The Hall–Kier alpha value is -2.24. The van der Waals surface area contributed by atoms with E-state index >= 15 is 0 Å². The third-order valence-corrected chi connectivity index (χ3v) is 3.42. The minimum atomic E-state index is -0.536. The highest BCUT2D eigenvalue weighted by atomic mass is 16.2. The lowest BCUT2D eigenvalue weighted by atomic mass is 10.1. The molecule has 1 heterocycles. The Labute approximate surface area is 118 Å². The summed E-state index contributed by atoms with van der Waals surface area (Å²) in [5.74, 6) is -0.392. The van der Waals surface area contributed by atoms with Crippen molar-refractivity contribution in [2.75, 3.05) is 30.7 Å². The molecule has 108 valence electrons. The summed E-state index contributed by atoms with van der Waals surface area (Å²) in [5, 5.41) is 3.07. The van der Waals surface area contributed by atoms with Gasteiger partial charge in [-0.05, 0) is 31.0 Å². The molecule has 1 saturated heterocycles. The fourth-order valence-electron chi connectivity index (χ4n) is 2.35. The third-order valence-electron chi connectivity index (χ3n) is 3.42. The molecule has 0 atom stereocenters. The van der Waals surface area contributed by atoms with Crippen molar-refractivity contribution in [1.29, 1.82) is 0 Å². The SMILES string of the molecule is NC(=O)c1cc(N)ccc1NCCC(=O)N1CCCC1. The molecule has 5 N–H and O–H groups in total. The average molecular weight is 276 g/mol. The van der Waals surface area contributed by atoms with Crippen LogP contribution in [0.5, 0.6) is 0 Å². The van der Waals surface area contributed by atoms with E-state index < -0.39 is 5.91 Å². The number of nitrogens with two attached hydrogens (primary N) is 2. The number of hydrogen-bond acceptors (Lipinski definition) is 4. The largest absolute Gasteiger partial charge is 0.399 e. The molecule has 0 aliphatic carbocycles. The Morgan fingerprint density at radius 3 is 2.60 bits per heavy atom. The Morgan fingerprint density at radius 1 is 1.25 bits per heavy atom. The summed E-state index contributed by atoms with van der Waals surface area (Å²) < 4.78 is 0. The van der Waals surface area contributed by atoms with Gasteiger partial charge in [-0.2, -0.15) is 0 Å². The molecule has 0 radical (unpaired) electrons. The van der Waals surface area contributed by atoms with E-state index in [2.05, 4.69) is 5.32 Å². The number of hydrogen-bond donors (Lipinski definition) is 3. The predicted octanol–water partition coefficient (Wildman–Crippen LogP) is 0.792. The maximum absolute atomic E-state index is 11.9. The summed E-state index contributed by atoms with van der Waals surface area (Å²) in [4.78, 5) is 25.1. The van der Waals surface area contributed by atoms with Crippen LogP contribution in [0.25, 0.3) is 0 Å². The van der Waals surface area contributed by atoms with E-state index in [1.165, 1.54) is 6.07 Å². The second kappa shape index (κ2) is 6.27. The molecule has 0 spiro atoms. The summed E-state index contributed by atoms with van der Waals surface area (Å²) in [6, 6.07) is 4.93. The highest BCUT2D eigenvalue weighted by molar-refractivity contribution is 5.99. The molecule has 1 aromatic carbocycles. The number of carbonyl (C=O) groups excluding carboxylic acids is 2. The number of benzene rings is 1. The number of likely N-dealkylation sites (tertiary alicyclic amines) is 1. The van der Waals surface area contributed by atoms with Gasteiger partial charge < -0.3 is 21.7 Å². The van der Waals surface area contributed by atoms with Crippen LogP contribution in [0.4, 0.5) is 11.4 Å². The van der Waals surface area contributed by atoms with Crippen LogP contribution in [0.2, 0.25) is 0 Å². The maximum atomic E-state index is 11.9. The Morgan fingerprint density at radius 2 is 1.95 bits per heavy atom. The third kappa shape index (κ3) is 3.40. The number of nitrogens with one attached hydrogen (secondary N) is 1. The van der Waals surface area contributed by atoms with E-state index in [0.29, 0.717) is 29.9 Å². The monoisotopic (exact) mass is 276 g/mol. The molecule has 0 aromatic heterocycles. The molecule has 0 bridgehead atoms. The zero-order valence-electron chi connectivity index (χ0n) is 11.4. The molecule has 1 aliphatic rings. The van der Waals surface area contributed by atoms with E-state index in [-0.39, 0.29) is 5.91 Å². The van der Waals surface area contributed by atoms with Gasteiger partial charge in [0, 0.05) is 37.4 Å².